The summed E-state index contributed by atoms with van der Waals surface area (Å²) in [6, 6.07) is 20.0. The number of nitrogen functional groups attached to an aromatic ring is 1. The number of piperidine rings is 2. The quantitative estimate of drug-likeness (QED) is 0.302. The summed E-state index contributed by atoms with van der Waals surface area (Å²) in [7, 11) is 0. The average molecular weight is 576 g/mol. The molecule has 3 N–H and O–H groups in total. The van der Waals surface area contributed by atoms with Crippen LogP contribution in [0.25, 0.3) is 16.9 Å². The van der Waals surface area contributed by atoms with Crippen LogP contribution in [0.1, 0.15) is 55.7 Å². The van der Waals surface area contributed by atoms with Gasteiger partial charge in [0.25, 0.3) is 0 Å². The van der Waals surface area contributed by atoms with E-state index in [1.807, 2.05) is 0 Å². The molecule has 7 heterocycles. The smallest absolute Gasteiger partial charge is 0.248 e. The zero-order valence-electron chi connectivity index (χ0n) is 25.0. The first-order valence-electron chi connectivity index (χ1n) is 16.1. The zero-order chi connectivity index (χ0) is 28.9. The van der Waals surface area contributed by atoms with Gasteiger partial charge in [-0.1, -0.05) is 30.3 Å². The van der Waals surface area contributed by atoms with Crippen LogP contribution in [0.2, 0.25) is 0 Å². The van der Waals surface area contributed by atoms with Crippen LogP contribution in [-0.4, -0.2) is 70.0 Å². The van der Waals surface area contributed by atoms with E-state index in [0.29, 0.717) is 23.6 Å². The Morgan fingerprint density at radius 2 is 1.56 bits per heavy atom. The van der Waals surface area contributed by atoms with Gasteiger partial charge in [0.1, 0.15) is 0 Å². The first-order chi connectivity index (χ1) is 21.1. The van der Waals surface area contributed by atoms with Gasteiger partial charge in [-0.05, 0) is 93.9 Å². The fourth-order valence-electron chi connectivity index (χ4n) is 7.83. The van der Waals surface area contributed by atoms with Gasteiger partial charge < -0.3 is 25.8 Å². The Balaban J connectivity index is 1.03. The predicted octanol–water partition coefficient (Wildman–Crippen LogP) is 5.73. The molecule has 5 aliphatic rings. The molecular weight excluding hydrogens is 534 g/mol. The Labute approximate surface area is 253 Å². The van der Waals surface area contributed by atoms with E-state index in [2.05, 4.69) is 86.5 Å². The van der Waals surface area contributed by atoms with Gasteiger partial charge in [0.05, 0.1) is 11.4 Å². The molecule has 3 saturated heterocycles. The minimum atomic E-state index is 0.324. The van der Waals surface area contributed by atoms with Gasteiger partial charge in [-0.2, -0.15) is 9.67 Å². The van der Waals surface area contributed by atoms with Gasteiger partial charge in [0.15, 0.2) is 5.82 Å². The normalized spacial score (nSPS) is 19.3. The monoisotopic (exact) mass is 575 g/mol. The Kier molecular flexibility index (Phi) is 6.70. The van der Waals surface area contributed by atoms with E-state index in [9.17, 15) is 0 Å². The largest absolute Gasteiger partial charge is 0.371 e. The lowest BCUT2D eigenvalue weighted by Gasteiger charge is -2.42. The van der Waals surface area contributed by atoms with E-state index >= 15 is 0 Å². The van der Waals surface area contributed by atoms with Crippen LogP contribution in [0.4, 0.5) is 29.0 Å². The second kappa shape index (κ2) is 10.9. The molecule has 3 fully saturated rings. The lowest BCUT2D eigenvalue weighted by Crippen LogP contribution is -2.44. The molecule has 9 rings (SSSR count). The highest BCUT2D eigenvalue weighted by molar-refractivity contribution is 5.83. The number of aromatic nitrogens is 4. The van der Waals surface area contributed by atoms with Crippen LogP contribution in [0.5, 0.6) is 0 Å². The Hall–Kier alpha value is -4.11. The Bertz CT molecular complexity index is 1610. The lowest BCUT2D eigenvalue weighted by molar-refractivity contribution is 0.208. The molecule has 9 nitrogen and oxygen atoms in total. The molecule has 0 spiro atoms. The number of nitrogens with one attached hydrogen (secondary N) is 1. The van der Waals surface area contributed by atoms with Crippen molar-refractivity contribution in [2.45, 2.75) is 57.4 Å². The minimum Gasteiger partial charge on any atom is -0.371 e. The summed E-state index contributed by atoms with van der Waals surface area (Å²) in [5.74, 6) is 1.98. The highest BCUT2D eigenvalue weighted by Crippen LogP contribution is 2.46. The Morgan fingerprint density at radius 1 is 0.814 bits per heavy atom. The second-order valence-corrected chi connectivity index (χ2v) is 12.7. The minimum absolute atomic E-state index is 0.324. The molecular formula is C34H41N9. The molecule has 9 heteroatoms. The molecule has 4 aromatic rings. The fourth-order valence-corrected chi connectivity index (χ4v) is 7.83. The number of pyridine rings is 1. The molecule has 222 valence electrons. The lowest BCUT2D eigenvalue weighted by atomic mass is 9.84. The van der Waals surface area contributed by atoms with Gasteiger partial charge in [0, 0.05) is 55.1 Å². The predicted molar refractivity (Wildman–Crippen MR) is 174 cm³/mol. The fraction of sp³-hybridized carbons (Fsp3) is 0.441. The molecule has 0 aliphatic carbocycles. The number of hydrogen-bond donors (Lipinski definition) is 2. The van der Waals surface area contributed by atoms with Crippen molar-refractivity contribution in [2.24, 2.45) is 0 Å². The van der Waals surface area contributed by atoms with Crippen molar-refractivity contribution < 1.29 is 0 Å². The van der Waals surface area contributed by atoms with Crippen molar-refractivity contribution in [2.75, 3.05) is 60.1 Å². The van der Waals surface area contributed by atoms with Crippen LogP contribution >= 0.6 is 0 Å². The van der Waals surface area contributed by atoms with Crippen LogP contribution in [-0.2, 0) is 0 Å². The Morgan fingerprint density at radius 3 is 2.30 bits per heavy atom. The van der Waals surface area contributed by atoms with Gasteiger partial charge in [-0.25, -0.2) is 4.98 Å². The number of rotatable bonds is 6. The maximum Gasteiger partial charge on any atom is 0.248 e. The SMILES string of the molecule is Cc1cc(Nc2nc(N)n(-c3cc(-c4ccccc4)c4c(n3)C3CCN4CC3)n2)ccc1N1CCC(N2CCCC2)CC1. The first-order valence-corrected chi connectivity index (χ1v) is 16.1. The summed E-state index contributed by atoms with van der Waals surface area (Å²) < 4.78 is 1.68. The number of anilines is 5. The highest BCUT2D eigenvalue weighted by atomic mass is 15.4. The summed E-state index contributed by atoms with van der Waals surface area (Å²) in [5.41, 5.74) is 14.8. The third-order valence-corrected chi connectivity index (χ3v) is 10.1. The van der Waals surface area contributed by atoms with Gasteiger partial charge in [-0.15, -0.1) is 5.10 Å². The molecule has 2 bridgehead atoms. The van der Waals surface area contributed by atoms with Crippen molar-refractivity contribution in [3.8, 4) is 16.9 Å². The van der Waals surface area contributed by atoms with Crippen LogP contribution in [0.3, 0.4) is 0 Å². The highest BCUT2D eigenvalue weighted by Gasteiger charge is 2.35. The van der Waals surface area contributed by atoms with E-state index < -0.39 is 0 Å². The summed E-state index contributed by atoms with van der Waals surface area (Å²) >= 11 is 0. The van der Waals surface area contributed by atoms with E-state index in [0.717, 1.165) is 56.4 Å². The van der Waals surface area contributed by atoms with Crippen molar-refractivity contribution in [1.82, 2.24) is 24.6 Å². The molecule has 2 aromatic carbocycles. The maximum atomic E-state index is 6.46. The van der Waals surface area contributed by atoms with Crippen LogP contribution in [0.15, 0.2) is 54.6 Å². The van der Waals surface area contributed by atoms with Crippen molar-refractivity contribution >= 4 is 29.0 Å². The van der Waals surface area contributed by atoms with Crippen molar-refractivity contribution in [1.29, 1.82) is 0 Å². The van der Waals surface area contributed by atoms with Crippen molar-refractivity contribution in [3.63, 3.8) is 0 Å². The number of fused-ring (bicyclic) bond motifs is 2. The summed E-state index contributed by atoms with van der Waals surface area (Å²) in [6.07, 6.45) is 7.52. The third kappa shape index (κ3) is 4.89. The average Bonchev–Trinajstić information content (AvgIpc) is 3.72. The van der Waals surface area contributed by atoms with Crippen molar-refractivity contribution in [3.05, 3.63) is 65.9 Å². The third-order valence-electron chi connectivity index (χ3n) is 10.1. The maximum absolute atomic E-state index is 6.46. The number of likely N-dealkylation sites (tertiary alicyclic amines) is 1. The van der Waals surface area contributed by atoms with Crippen LogP contribution < -0.4 is 20.9 Å². The molecule has 5 aliphatic heterocycles. The molecule has 43 heavy (non-hydrogen) atoms. The number of hydrogen-bond acceptors (Lipinski definition) is 8. The number of nitrogens with two attached hydrogens (primary N) is 1. The topological polar surface area (TPSA) is 91.4 Å². The standard InChI is InChI=1S/C34H41N9/c1-23-21-26(9-10-29(23)41-19-13-27(14-20-41)40-15-5-6-16-40)36-34-38-33(35)43(39-34)30-22-28(24-7-3-2-4-8-24)32-31(37-30)25-11-17-42(32)18-12-25/h2-4,7-10,21-22,25,27H,5-6,11-20H2,1H3,(H3,35,36,38,39). The number of benzene rings is 2. The number of nitrogens with zero attached hydrogens (tertiary/aromatic N) is 7. The van der Waals surface area contributed by atoms with Crippen LogP contribution in [0, 0.1) is 6.92 Å². The first kappa shape index (κ1) is 26.5. The summed E-state index contributed by atoms with van der Waals surface area (Å²) in [6.45, 7) is 9.19. The molecule has 0 radical (unpaired) electrons. The molecule has 2 aromatic heterocycles. The molecule has 0 unspecified atom stereocenters. The number of aryl methyl sites for hydroxylation is 1. The molecule has 0 saturated carbocycles. The summed E-state index contributed by atoms with van der Waals surface area (Å²) in [4.78, 5) is 17.5. The van der Waals surface area contributed by atoms with E-state index in [1.165, 1.54) is 66.8 Å². The zero-order valence-corrected chi connectivity index (χ0v) is 25.0. The summed E-state index contributed by atoms with van der Waals surface area (Å²) in [5, 5.41) is 8.19. The van der Waals surface area contributed by atoms with Gasteiger partial charge in [-0.3, -0.25) is 0 Å². The van der Waals surface area contributed by atoms with E-state index in [1.54, 1.807) is 4.68 Å². The van der Waals surface area contributed by atoms with E-state index in [4.69, 9.17) is 15.8 Å². The van der Waals surface area contributed by atoms with Gasteiger partial charge >= 0.3 is 0 Å². The molecule has 0 amide bonds. The molecule has 0 atom stereocenters. The van der Waals surface area contributed by atoms with E-state index in [-0.39, 0.29) is 0 Å². The van der Waals surface area contributed by atoms with Gasteiger partial charge in [0.2, 0.25) is 11.9 Å². The second-order valence-electron chi connectivity index (χ2n) is 12.7.